The van der Waals surface area contributed by atoms with Gasteiger partial charge in [-0.3, -0.25) is 0 Å². The molecule has 0 radical (unpaired) electrons. The van der Waals surface area contributed by atoms with Crippen molar-refractivity contribution >= 4 is 0 Å². The molecule has 0 heterocycles. The van der Waals surface area contributed by atoms with Crippen LogP contribution >= 0.6 is 0 Å². The lowest BCUT2D eigenvalue weighted by Gasteiger charge is -2.33. The molecule has 31 heavy (non-hydrogen) atoms. The number of hydrogen-bond acceptors (Lipinski definition) is 3. The highest BCUT2D eigenvalue weighted by Crippen LogP contribution is 2.31. The highest BCUT2D eigenvalue weighted by atomic mass is 19.2. The van der Waals surface area contributed by atoms with Gasteiger partial charge in [-0.05, 0) is 25.7 Å². The molecule has 0 aliphatic rings. The number of rotatable bonds is 16. The molecule has 0 aliphatic heterocycles. The molecule has 180 valence electrons. The van der Waals surface area contributed by atoms with Gasteiger partial charge in [-0.1, -0.05) is 58.3 Å². The molecule has 0 saturated carbocycles. The van der Waals surface area contributed by atoms with E-state index >= 15 is 0 Å². The van der Waals surface area contributed by atoms with Crippen LogP contribution in [0.15, 0.2) is 0 Å². The first-order valence-electron chi connectivity index (χ1n) is 11.1. The van der Waals surface area contributed by atoms with Gasteiger partial charge in [0, 0.05) is 25.7 Å². The maximum Gasteiger partial charge on any atom is 0.282 e. The van der Waals surface area contributed by atoms with E-state index in [2.05, 4.69) is 6.92 Å². The van der Waals surface area contributed by atoms with E-state index in [1.807, 2.05) is 0 Å². The van der Waals surface area contributed by atoms with Crippen LogP contribution in [0.2, 0.25) is 0 Å². The lowest BCUT2D eigenvalue weighted by Crippen LogP contribution is -2.42. The molecule has 1 aromatic carbocycles. The van der Waals surface area contributed by atoms with Crippen LogP contribution < -0.4 is 0 Å². The fraction of sp³-hybridized carbons (Fsp3) is 0.739. The van der Waals surface area contributed by atoms with Gasteiger partial charge in [-0.2, -0.15) is 0 Å². The highest BCUT2D eigenvalue weighted by Gasteiger charge is 2.36. The van der Waals surface area contributed by atoms with E-state index in [1.54, 1.807) is 0 Å². The van der Waals surface area contributed by atoms with Crippen molar-refractivity contribution < 1.29 is 36.5 Å². The minimum absolute atomic E-state index is 0.250. The van der Waals surface area contributed by atoms with Crippen LogP contribution in [0, 0.1) is 35.0 Å². The van der Waals surface area contributed by atoms with Crippen molar-refractivity contribution in [3.05, 3.63) is 34.6 Å². The zero-order valence-corrected chi connectivity index (χ0v) is 18.7. The van der Waals surface area contributed by atoms with E-state index in [1.165, 1.54) is 33.5 Å². The summed E-state index contributed by atoms with van der Waals surface area (Å²) in [7, 11) is 2.72. The second-order valence-corrected chi connectivity index (χ2v) is 7.94. The first kappa shape index (κ1) is 27.8. The third-order valence-corrected chi connectivity index (χ3v) is 5.79. The summed E-state index contributed by atoms with van der Waals surface area (Å²) in [6.45, 7) is 2.15. The normalized spacial score (nSPS) is 13.1. The number of aliphatic hydroxyl groups is 1. The zero-order chi connectivity index (χ0) is 23.4. The maximum absolute atomic E-state index is 13.8. The van der Waals surface area contributed by atoms with Crippen LogP contribution in [-0.4, -0.2) is 25.3 Å². The van der Waals surface area contributed by atoms with Gasteiger partial charge < -0.3 is 14.6 Å². The van der Waals surface area contributed by atoms with Crippen molar-refractivity contribution in [2.24, 2.45) is 5.92 Å². The molecule has 0 amide bonds. The van der Waals surface area contributed by atoms with Gasteiger partial charge in [-0.25, -0.2) is 22.0 Å². The molecule has 0 aliphatic carbocycles. The summed E-state index contributed by atoms with van der Waals surface area (Å²) in [6.07, 6.45) is 8.94. The number of halogens is 5. The predicted molar refractivity (Wildman–Crippen MR) is 109 cm³/mol. The van der Waals surface area contributed by atoms with E-state index in [4.69, 9.17) is 9.47 Å². The second kappa shape index (κ2) is 14.0. The summed E-state index contributed by atoms with van der Waals surface area (Å²) in [4.78, 5) is 0. The van der Waals surface area contributed by atoms with Crippen LogP contribution in [0.4, 0.5) is 22.0 Å². The molecule has 1 unspecified atom stereocenters. The Labute approximate surface area is 181 Å². The highest BCUT2D eigenvalue weighted by molar-refractivity contribution is 5.24. The molecule has 0 saturated heterocycles. The Morgan fingerprint density at radius 2 is 1.10 bits per heavy atom. The van der Waals surface area contributed by atoms with E-state index in [0.717, 1.165) is 19.3 Å². The molecule has 0 spiro atoms. The van der Waals surface area contributed by atoms with Crippen molar-refractivity contribution in [3.63, 3.8) is 0 Å². The summed E-state index contributed by atoms with van der Waals surface area (Å²) in [5, 5.41) is 10.6. The topological polar surface area (TPSA) is 38.7 Å². The Morgan fingerprint density at radius 1 is 0.677 bits per heavy atom. The minimum atomic E-state index is -2.14. The third kappa shape index (κ3) is 7.99. The maximum atomic E-state index is 13.8. The average molecular weight is 455 g/mol. The van der Waals surface area contributed by atoms with Crippen LogP contribution in [-0.2, 0) is 15.9 Å². The van der Waals surface area contributed by atoms with Gasteiger partial charge in [0.2, 0.25) is 5.82 Å². The molecule has 0 aromatic heterocycles. The molecular weight excluding hydrogens is 419 g/mol. The second-order valence-electron chi connectivity index (χ2n) is 7.94. The van der Waals surface area contributed by atoms with Crippen LogP contribution in [0.25, 0.3) is 0 Å². The average Bonchev–Trinajstić information content (AvgIpc) is 2.78. The Balaban J connectivity index is 2.56. The lowest BCUT2D eigenvalue weighted by atomic mass is 9.91. The number of ether oxygens (including phenoxy) is 2. The summed E-state index contributed by atoms with van der Waals surface area (Å²) >= 11 is 0. The molecule has 0 bridgehead atoms. The molecule has 1 rings (SSSR count). The summed E-state index contributed by atoms with van der Waals surface area (Å²) in [6, 6.07) is 0. The molecule has 1 N–H and O–H groups in total. The fourth-order valence-electron chi connectivity index (χ4n) is 3.84. The zero-order valence-electron chi connectivity index (χ0n) is 18.7. The molecular formula is C23H35F5O3. The number of methoxy groups -OCH3 is 2. The Hall–Kier alpha value is -1.25. The Bertz CT molecular complexity index is 636. The summed E-state index contributed by atoms with van der Waals surface area (Å²) in [5.74, 6) is -11.5. The molecule has 1 aromatic rings. The van der Waals surface area contributed by atoms with Crippen LogP contribution in [0.5, 0.6) is 0 Å². The minimum Gasteiger partial charge on any atom is -0.343 e. The van der Waals surface area contributed by atoms with Gasteiger partial charge in [0.25, 0.3) is 5.97 Å². The summed E-state index contributed by atoms with van der Waals surface area (Å²) < 4.78 is 77.5. The van der Waals surface area contributed by atoms with Gasteiger partial charge in [0.1, 0.15) is 0 Å². The van der Waals surface area contributed by atoms with Gasteiger partial charge >= 0.3 is 0 Å². The van der Waals surface area contributed by atoms with Crippen molar-refractivity contribution in [2.45, 2.75) is 89.9 Å². The van der Waals surface area contributed by atoms with E-state index in [9.17, 15) is 27.1 Å². The van der Waals surface area contributed by atoms with Crippen molar-refractivity contribution in [2.75, 3.05) is 14.2 Å². The van der Waals surface area contributed by atoms with Crippen LogP contribution in [0.1, 0.15) is 83.1 Å². The SMILES string of the molecule is CCCCCCCCC(CCCCCc1c(F)c(F)c(F)c(F)c1F)C(O)(OC)OC. The van der Waals surface area contributed by atoms with Crippen molar-refractivity contribution in [3.8, 4) is 0 Å². The molecule has 1 atom stereocenters. The molecule has 0 fully saturated rings. The van der Waals surface area contributed by atoms with Crippen molar-refractivity contribution in [1.82, 2.24) is 0 Å². The van der Waals surface area contributed by atoms with E-state index in [0.29, 0.717) is 25.7 Å². The largest absolute Gasteiger partial charge is 0.343 e. The van der Waals surface area contributed by atoms with Crippen LogP contribution in [0.3, 0.4) is 0 Å². The first-order chi connectivity index (χ1) is 14.7. The third-order valence-electron chi connectivity index (χ3n) is 5.79. The monoisotopic (exact) mass is 454 g/mol. The summed E-state index contributed by atoms with van der Waals surface area (Å²) in [5.41, 5.74) is -0.787. The van der Waals surface area contributed by atoms with Gasteiger partial charge in [-0.15, -0.1) is 0 Å². The Morgan fingerprint density at radius 3 is 1.58 bits per heavy atom. The quantitative estimate of drug-likeness (QED) is 0.0983. The molecule has 3 nitrogen and oxygen atoms in total. The lowest BCUT2D eigenvalue weighted by molar-refractivity contribution is -0.369. The van der Waals surface area contributed by atoms with Gasteiger partial charge in [0.05, 0.1) is 0 Å². The van der Waals surface area contributed by atoms with Crippen molar-refractivity contribution in [1.29, 1.82) is 0 Å². The number of benzene rings is 1. The Kier molecular flexibility index (Phi) is 12.6. The smallest absolute Gasteiger partial charge is 0.282 e. The number of unbranched alkanes of at least 4 members (excludes halogenated alkanes) is 7. The van der Waals surface area contributed by atoms with E-state index < -0.39 is 40.6 Å². The predicted octanol–water partition coefficient (Wildman–Crippen LogP) is 6.79. The number of hydrogen-bond donors (Lipinski definition) is 1. The van der Waals surface area contributed by atoms with Gasteiger partial charge in [0.15, 0.2) is 23.3 Å². The van der Waals surface area contributed by atoms with E-state index in [-0.39, 0.29) is 18.8 Å². The standard InChI is InChI=1S/C23H35F5O3/c1-4-5-6-7-8-10-13-16(23(29,30-2)31-3)14-11-9-12-15-17-18(24)20(26)22(28)21(27)19(17)25/h16,29H,4-15H2,1-3H3. The molecule has 8 heteroatoms. The fourth-order valence-corrected chi connectivity index (χ4v) is 3.84. The first-order valence-corrected chi connectivity index (χ1v) is 11.1.